The number of anilines is 6. The summed E-state index contributed by atoms with van der Waals surface area (Å²) in [5, 5.41) is 4.77. The number of rotatable bonds is 6. The molecule has 0 amide bonds. The van der Waals surface area contributed by atoms with E-state index in [4.69, 9.17) is 9.97 Å². The minimum atomic E-state index is 0.824. The lowest BCUT2D eigenvalue weighted by Crippen LogP contribution is -2.14. The Bertz CT molecular complexity index is 2400. The number of hydrogen-bond donors (Lipinski definition) is 0. The normalized spacial score (nSPS) is 11.3. The van der Waals surface area contributed by atoms with Crippen molar-refractivity contribution in [3.63, 3.8) is 0 Å². The molecule has 9 aromatic rings. The van der Waals surface area contributed by atoms with Crippen LogP contribution in [-0.4, -0.2) is 9.97 Å². The predicted octanol–water partition coefficient (Wildman–Crippen LogP) is 12.0. The lowest BCUT2D eigenvalue weighted by atomic mass is 10.1. The van der Waals surface area contributed by atoms with Crippen LogP contribution in [0.5, 0.6) is 0 Å². The Hall–Kier alpha value is -6.52. The van der Waals surface area contributed by atoms with Crippen molar-refractivity contribution in [2.24, 2.45) is 0 Å². The van der Waals surface area contributed by atoms with Crippen molar-refractivity contribution >= 4 is 77.7 Å². The van der Waals surface area contributed by atoms with E-state index in [1.165, 1.54) is 21.5 Å². The fourth-order valence-corrected chi connectivity index (χ4v) is 6.67. The first-order valence-electron chi connectivity index (χ1n) is 16.2. The molecule has 226 valence electrons. The van der Waals surface area contributed by atoms with Crippen LogP contribution in [0.15, 0.2) is 182 Å². The van der Waals surface area contributed by atoms with Gasteiger partial charge in [0.2, 0.25) is 0 Å². The first-order valence-corrected chi connectivity index (χ1v) is 16.2. The van der Waals surface area contributed by atoms with Gasteiger partial charge in [0.15, 0.2) is 0 Å². The number of hydrogen-bond acceptors (Lipinski definition) is 4. The van der Waals surface area contributed by atoms with Gasteiger partial charge in [-0.05, 0) is 94.3 Å². The van der Waals surface area contributed by atoms with Crippen LogP contribution in [0.25, 0.3) is 43.6 Å². The van der Waals surface area contributed by atoms with E-state index in [9.17, 15) is 0 Å². The van der Waals surface area contributed by atoms with E-state index >= 15 is 0 Å². The molecule has 0 radical (unpaired) electrons. The summed E-state index contributed by atoms with van der Waals surface area (Å²) in [6.07, 6.45) is 0. The topological polar surface area (TPSA) is 32.3 Å². The van der Waals surface area contributed by atoms with E-state index in [0.717, 1.165) is 56.2 Å². The smallest absolute Gasteiger partial charge is 0.116 e. The summed E-state index contributed by atoms with van der Waals surface area (Å²) < 4.78 is 0. The van der Waals surface area contributed by atoms with Crippen LogP contribution in [0.1, 0.15) is 0 Å². The van der Waals surface area contributed by atoms with Crippen molar-refractivity contribution in [1.29, 1.82) is 0 Å². The summed E-state index contributed by atoms with van der Waals surface area (Å²) in [5.74, 6) is 0. The fraction of sp³-hybridized carbons (Fsp3) is 0. The monoisotopic (exact) mass is 614 g/mol. The van der Waals surface area contributed by atoms with E-state index in [2.05, 4.69) is 168 Å². The van der Waals surface area contributed by atoms with Crippen LogP contribution >= 0.6 is 0 Å². The van der Waals surface area contributed by atoms with E-state index in [1.54, 1.807) is 0 Å². The number of fused-ring (bicyclic) bond motifs is 4. The van der Waals surface area contributed by atoms with Crippen molar-refractivity contribution in [3.05, 3.63) is 182 Å². The van der Waals surface area contributed by atoms with Gasteiger partial charge in [-0.25, -0.2) is 9.97 Å². The standard InChI is InChI=1S/C44H30N4/c1-3-17-35(18-4-1)47(37-25-23-31-13-7-9-15-33(31)29-37)41-27-28-42(44-43(41)45-39-21-11-12-22-40(39)46-44)48(36-19-5-2-6-20-36)38-26-24-32-14-8-10-16-34(32)30-38/h1-30H. The van der Waals surface area contributed by atoms with Gasteiger partial charge in [0, 0.05) is 22.7 Å². The minimum Gasteiger partial charge on any atom is -0.308 e. The average Bonchev–Trinajstić information content (AvgIpc) is 3.16. The Morgan fingerprint density at radius 1 is 0.292 bits per heavy atom. The van der Waals surface area contributed by atoms with Gasteiger partial charge in [-0.3, -0.25) is 0 Å². The largest absolute Gasteiger partial charge is 0.308 e. The summed E-state index contributed by atoms with van der Waals surface area (Å²) in [7, 11) is 0. The lowest BCUT2D eigenvalue weighted by molar-refractivity contribution is 1.25. The number of nitrogens with zero attached hydrogens (tertiary/aromatic N) is 4. The molecule has 0 aliphatic heterocycles. The molecule has 4 heteroatoms. The summed E-state index contributed by atoms with van der Waals surface area (Å²) in [6, 6.07) is 63.8. The van der Waals surface area contributed by atoms with E-state index in [-0.39, 0.29) is 0 Å². The van der Waals surface area contributed by atoms with Crippen LogP contribution in [-0.2, 0) is 0 Å². The second-order valence-electron chi connectivity index (χ2n) is 11.9. The highest BCUT2D eigenvalue weighted by Crippen LogP contribution is 2.45. The molecule has 48 heavy (non-hydrogen) atoms. The Kier molecular flexibility index (Phi) is 6.76. The van der Waals surface area contributed by atoms with Crippen LogP contribution in [0.3, 0.4) is 0 Å². The molecule has 0 unspecified atom stereocenters. The molecule has 9 rings (SSSR count). The number of aromatic nitrogens is 2. The van der Waals surface area contributed by atoms with Crippen molar-refractivity contribution in [2.75, 3.05) is 9.80 Å². The fourth-order valence-electron chi connectivity index (χ4n) is 6.67. The van der Waals surface area contributed by atoms with E-state index in [0.29, 0.717) is 0 Å². The molecule has 0 aliphatic rings. The maximum absolute atomic E-state index is 5.36. The molecule has 1 heterocycles. The number of para-hydroxylation sites is 4. The Balaban J connectivity index is 1.34. The zero-order valence-corrected chi connectivity index (χ0v) is 26.1. The second kappa shape index (κ2) is 11.7. The highest BCUT2D eigenvalue weighted by Gasteiger charge is 2.23. The summed E-state index contributed by atoms with van der Waals surface area (Å²) in [6.45, 7) is 0. The molecule has 0 saturated heterocycles. The highest BCUT2D eigenvalue weighted by molar-refractivity contribution is 6.06. The Labute approximate surface area is 278 Å². The minimum absolute atomic E-state index is 0.824. The zero-order valence-electron chi connectivity index (χ0n) is 26.1. The van der Waals surface area contributed by atoms with Crippen molar-refractivity contribution in [1.82, 2.24) is 9.97 Å². The van der Waals surface area contributed by atoms with Crippen LogP contribution in [0.2, 0.25) is 0 Å². The average molecular weight is 615 g/mol. The SMILES string of the molecule is c1ccc(N(c2ccc3ccccc3c2)c2ccc(N(c3ccccc3)c3ccc4ccccc4c3)c3nc4ccccc4nc23)cc1. The Morgan fingerprint density at radius 3 is 1.10 bits per heavy atom. The highest BCUT2D eigenvalue weighted by atomic mass is 15.2. The third kappa shape index (κ3) is 4.88. The molecule has 0 atom stereocenters. The van der Waals surface area contributed by atoms with Gasteiger partial charge in [-0.15, -0.1) is 0 Å². The van der Waals surface area contributed by atoms with E-state index < -0.39 is 0 Å². The molecule has 0 bridgehead atoms. The Morgan fingerprint density at radius 2 is 0.667 bits per heavy atom. The molecule has 4 nitrogen and oxygen atoms in total. The van der Waals surface area contributed by atoms with Crippen LogP contribution < -0.4 is 9.80 Å². The molecule has 0 aliphatic carbocycles. The van der Waals surface area contributed by atoms with Gasteiger partial charge in [0.1, 0.15) is 11.0 Å². The van der Waals surface area contributed by atoms with Crippen molar-refractivity contribution in [2.45, 2.75) is 0 Å². The van der Waals surface area contributed by atoms with Crippen molar-refractivity contribution in [3.8, 4) is 0 Å². The quantitative estimate of drug-likeness (QED) is 0.174. The predicted molar refractivity (Wildman–Crippen MR) is 201 cm³/mol. The van der Waals surface area contributed by atoms with Gasteiger partial charge >= 0.3 is 0 Å². The zero-order chi connectivity index (χ0) is 31.9. The molecule has 0 fully saturated rings. The molecule has 0 N–H and O–H groups in total. The maximum Gasteiger partial charge on any atom is 0.116 e. The summed E-state index contributed by atoms with van der Waals surface area (Å²) >= 11 is 0. The summed E-state index contributed by atoms with van der Waals surface area (Å²) in [4.78, 5) is 15.3. The molecular formula is C44H30N4. The molecule has 1 aromatic heterocycles. The van der Waals surface area contributed by atoms with E-state index in [1.807, 2.05) is 24.3 Å². The van der Waals surface area contributed by atoms with Gasteiger partial charge in [-0.1, -0.05) is 109 Å². The molecule has 8 aromatic carbocycles. The van der Waals surface area contributed by atoms with Crippen LogP contribution in [0, 0.1) is 0 Å². The molecule has 0 spiro atoms. The van der Waals surface area contributed by atoms with Crippen molar-refractivity contribution < 1.29 is 0 Å². The molecule has 0 saturated carbocycles. The number of benzene rings is 8. The van der Waals surface area contributed by atoms with Gasteiger partial charge in [0.05, 0.1) is 22.4 Å². The summed E-state index contributed by atoms with van der Waals surface area (Å²) in [5.41, 5.74) is 9.47. The van der Waals surface area contributed by atoms with Gasteiger partial charge < -0.3 is 9.80 Å². The first-order chi connectivity index (χ1) is 23.8. The van der Waals surface area contributed by atoms with Crippen LogP contribution in [0.4, 0.5) is 34.1 Å². The third-order valence-electron chi connectivity index (χ3n) is 8.95. The first kappa shape index (κ1) is 27.8. The van der Waals surface area contributed by atoms with Gasteiger partial charge in [0.25, 0.3) is 0 Å². The maximum atomic E-state index is 5.36. The lowest BCUT2D eigenvalue weighted by Gasteiger charge is -2.30. The third-order valence-corrected chi connectivity index (χ3v) is 8.95. The molecular weight excluding hydrogens is 585 g/mol. The second-order valence-corrected chi connectivity index (χ2v) is 11.9. The van der Waals surface area contributed by atoms with Gasteiger partial charge in [-0.2, -0.15) is 0 Å².